The lowest BCUT2D eigenvalue weighted by molar-refractivity contribution is -0.384. The number of aryl methyl sites for hydroxylation is 1. The molecule has 0 spiro atoms. The molecule has 23 heavy (non-hydrogen) atoms. The average Bonchev–Trinajstić information content (AvgIpc) is 2.86. The maximum absolute atomic E-state index is 12.0. The van der Waals surface area contributed by atoms with Crippen molar-refractivity contribution in [1.29, 1.82) is 0 Å². The van der Waals surface area contributed by atoms with E-state index in [1.807, 2.05) is 25.3 Å². The number of amides is 1. The second-order valence-corrected chi connectivity index (χ2v) is 6.08. The molecule has 1 aromatic heterocycles. The smallest absolute Gasteiger partial charge is 0.271 e. The standard InChI is InChI=1S/C14H17N5O3S/c1-9(2)18-10(3)16-17-14(18)23-8-13(20)15-11-5-4-6-12(7-11)19(21)22/h4-7,9H,8H2,1-3H3,(H,15,20). The van der Waals surface area contributed by atoms with Gasteiger partial charge in [0.15, 0.2) is 5.16 Å². The Balaban J connectivity index is 1.98. The highest BCUT2D eigenvalue weighted by Gasteiger charge is 2.14. The number of nitro benzene ring substituents is 1. The van der Waals surface area contributed by atoms with E-state index >= 15 is 0 Å². The summed E-state index contributed by atoms with van der Waals surface area (Å²) in [7, 11) is 0. The van der Waals surface area contributed by atoms with E-state index in [1.54, 1.807) is 6.07 Å². The second-order valence-electron chi connectivity index (χ2n) is 5.14. The summed E-state index contributed by atoms with van der Waals surface area (Å²) in [6.45, 7) is 5.90. The van der Waals surface area contributed by atoms with Crippen LogP contribution >= 0.6 is 11.8 Å². The van der Waals surface area contributed by atoms with E-state index in [9.17, 15) is 14.9 Å². The number of carbonyl (C=O) groups is 1. The number of non-ortho nitro benzene ring substituents is 1. The minimum Gasteiger partial charge on any atom is -0.325 e. The summed E-state index contributed by atoms with van der Waals surface area (Å²) in [4.78, 5) is 22.2. The molecule has 0 saturated heterocycles. The molecule has 9 heteroatoms. The summed E-state index contributed by atoms with van der Waals surface area (Å²) in [5, 5.41) is 22.1. The number of nitrogens with one attached hydrogen (secondary N) is 1. The Morgan fingerprint density at radius 2 is 2.17 bits per heavy atom. The summed E-state index contributed by atoms with van der Waals surface area (Å²) >= 11 is 1.28. The minimum absolute atomic E-state index is 0.0642. The molecule has 0 radical (unpaired) electrons. The van der Waals surface area contributed by atoms with E-state index in [2.05, 4.69) is 15.5 Å². The van der Waals surface area contributed by atoms with Gasteiger partial charge in [-0.25, -0.2) is 0 Å². The second kappa shape index (κ2) is 7.23. The largest absolute Gasteiger partial charge is 0.325 e. The van der Waals surface area contributed by atoms with E-state index in [1.165, 1.54) is 30.0 Å². The molecule has 0 aliphatic rings. The molecule has 0 aliphatic carbocycles. The Hall–Kier alpha value is -2.42. The number of hydrogen-bond donors (Lipinski definition) is 1. The van der Waals surface area contributed by atoms with E-state index in [-0.39, 0.29) is 23.4 Å². The summed E-state index contributed by atoms with van der Waals surface area (Å²) < 4.78 is 1.95. The number of thioether (sulfide) groups is 1. The lowest BCUT2D eigenvalue weighted by Gasteiger charge is -2.11. The first-order chi connectivity index (χ1) is 10.9. The number of carbonyl (C=O) groups excluding carboxylic acids is 1. The molecule has 1 aromatic carbocycles. The molecule has 8 nitrogen and oxygen atoms in total. The van der Waals surface area contributed by atoms with Crippen molar-refractivity contribution in [3.63, 3.8) is 0 Å². The van der Waals surface area contributed by atoms with Crippen LogP contribution in [0.2, 0.25) is 0 Å². The number of hydrogen-bond acceptors (Lipinski definition) is 6. The van der Waals surface area contributed by atoms with E-state index < -0.39 is 4.92 Å². The van der Waals surface area contributed by atoms with E-state index in [0.717, 1.165) is 5.82 Å². The molecule has 1 heterocycles. The predicted octanol–water partition coefficient (Wildman–Crippen LogP) is 2.81. The van der Waals surface area contributed by atoms with Crippen molar-refractivity contribution in [2.75, 3.05) is 11.1 Å². The van der Waals surface area contributed by atoms with Crippen LogP contribution in [-0.2, 0) is 4.79 Å². The lowest BCUT2D eigenvalue weighted by atomic mass is 10.3. The average molecular weight is 335 g/mol. The molecule has 0 aliphatic heterocycles. The quantitative estimate of drug-likeness (QED) is 0.494. The topological polar surface area (TPSA) is 103 Å². The Morgan fingerprint density at radius 1 is 1.43 bits per heavy atom. The molecular weight excluding hydrogens is 318 g/mol. The van der Waals surface area contributed by atoms with Crippen LogP contribution in [0.15, 0.2) is 29.4 Å². The third-order valence-corrected chi connectivity index (χ3v) is 3.97. The van der Waals surface area contributed by atoms with Gasteiger partial charge in [-0.15, -0.1) is 10.2 Å². The Kier molecular flexibility index (Phi) is 5.32. The van der Waals surface area contributed by atoms with Crippen LogP contribution in [0.1, 0.15) is 25.7 Å². The van der Waals surface area contributed by atoms with Crippen molar-refractivity contribution < 1.29 is 9.72 Å². The normalized spacial score (nSPS) is 10.8. The van der Waals surface area contributed by atoms with Crippen LogP contribution < -0.4 is 5.32 Å². The third kappa shape index (κ3) is 4.28. The molecule has 122 valence electrons. The van der Waals surface area contributed by atoms with Gasteiger partial charge in [0.1, 0.15) is 5.82 Å². The van der Waals surface area contributed by atoms with Crippen molar-refractivity contribution in [1.82, 2.24) is 14.8 Å². The van der Waals surface area contributed by atoms with Gasteiger partial charge in [0.2, 0.25) is 5.91 Å². The lowest BCUT2D eigenvalue weighted by Crippen LogP contribution is -2.15. The highest BCUT2D eigenvalue weighted by molar-refractivity contribution is 7.99. The van der Waals surface area contributed by atoms with Gasteiger partial charge in [0.25, 0.3) is 5.69 Å². The fraction of sp³-hybridized carbons (Fsp3) is 0.357. The summed E-state index contributed by atoms with van der Waals surface area (Å²) in [5.74, 6) is 0.682. The maximum Gasteiger partial charge on any atom is 0.271 e. The fourth-order valence-electron chi connectivity index (χ4n) is 2.07. The third-order valence-electron chi connectivity index (χ3n) is 3.02. The van der Waals surface area contributed by atoms with E-state index in [4.69, 9.17) is 0 Å². The summed E-state index contributed by atoms with van der Waals surface area (Å²) in [6, 6.07) is 6.03. The first-order valence-corrected chi connectivity index (χ1v) is 7.95. The number of nitro groups is 1. The predicted molar refractivity (Wildman–Crippen MR) is 87.6 cm³/mol. The van der Waals surface area contributed by atoms with Gasteiger partial charge in [-0.2, -0.15) is 0 Å². The number of nitrogens with zero attached hydrogens (tertiary/aromatic N) is 4. The zero-order valence-corrected chi connectivity index (χ0v) is 13.8. The molecule has 0 saturated carbocycles. The van der Waals surface area contributed by atoms with Gasteiger partial charge in [0, 0.05) is 23.9 Å². The maximum atomic E-state index is 12.0. The van der Waals surface area contributed by atoms with Crippen LogP contribution in [-0.4, -0.2) is 31.3 Å². The molecule has 0 atom stereocenters. The van der Waals surface area contributed by atoms with Gasteiger partial charge in [-0.1, -0.05) is 17.8 Å². The van der Waals surface area contributed by atoms with Crippen LogP contribution in [0, 0.1) is 17.0 Å². The van der Waals surface area contributed by atoms with Gasteiger partial charge in [-0.3, -0.25) is 14.9 Å². The van der Waals surface area contributed by atoms with Gasteiger partial charge in [-0.05, 0) is 26.8 Å². The Morgan fingerprint density at radius 3 is 2.83 bits per heavy atom. The van der Waals surface area contributed by atoms with E-state index in [0.29, 0.717) is 10.8 Å². The monoisotopic (exact) mass is 335 g/mol. The number of aromatic nitrogens is 3. The van der Waals surface area contributed by atoms with Crippen molar-refractivity contribution in [2.45, 2.75) is 32.0 Å². The molecular formula is C14H17N5O3S. The first-order valence-electron chi connectivity index (χ1n) is 6.97. The van der Waals surface area contributed by atoms with Crippen molar-refractivity contribution in [3.8, 4) is 0 Å². The van der Waals surface area contributed by atoms with Crippen LogP contribution in [0.4, 0.5) is 11.4 Å². The van der Waals surface area contributed by atoms with Crippen LogP contribution in [0.25, 0.3) is 0 Å². The molecule has 0 unspecified atom stereocenters. The Bertz CT molecular complexity index is 729. The molecule has 2 aromatic rings. The highest BCUT2D eigenvalue weighted by Crippen LogP contribution is 2.22. The van der Waals surface area contributed by atoms with Crippen LogP contribution in [0.3, 0.4) is 0 Å². The van der Waals surface area contributed by atoms with Gasteiger partial charge in [0.05, 0.1) is 10.7 Å². The first kappa shape index (κ1) is 16.9. The summed E-state index contributed by atoms with van der Waals surface area (Å²) in [5.41, 5.74) is 0.330. The van der Waals surface area contributed by atoms with Crippen molar-refractivity contribution in [3.05, 3.63) is 40.2 Å². The highest BCUT2D eigenvalue weighted by atomic mass is 32.2. The van der Waals surface area contributed by atoms with Gasteiger partial charge < -0.3 is 9.88 Å². The fourth-order valence-corrected chi connectivity index (χ4v) is 2.98. The van der Waals surface area contributed by atoms with Gasteiger partial charge >= 0.3 is 0 Å². The summed E-state index contributed by atoms with van der Waals surface area (Å²) in [6.07, 6.45) is 0. The SMILES string of the molecule is Cc1nnc(SCC(=O)Nc2cccc([N+](=O)[O-])c2)n1C(C)C. The molecule has 1 N–H and O–H groups in total. The number of anilines is 1. The number of benzene rings is 1. The van der Waals surface area contributed by atoms with Crippen LogP contribution in [0.5, 0.6) is 0 Å². The molecule has 1 amide bonds. The molecule has 0 bridgehead atoms. The molecule has 2 rings (SSSR count). The van der Waals surface area contributed by atoms with Crippen molar-refractivity contribution >= 4 is 29.0 Å². The number of rotatable bonds is 6. The Labute approximate surface area is 137 Å². The van der Waals surface area contributed by atoms with Crippen molar-refractivity contribution in [2.24, 2.45) is 0 Å². The zero-order chi connectivity index (χ0) is 17.0. The zero-order valence-electron chi connectivity index (χ0n) is 13.0. The minimum atomic E-state index is -0.502. The molecule has 0 fully saturated rings.